The summed E-state index contributed by atoms with van der Waals surface area (Å²) in [6.07, 6.45) is 3.60. The summed E-state index contributed by atoms with van der Waals surface area (Å²) >= 11 is 0. The quantitative estimate of drug-likeness (QED) is 0.368. The monoisotopic (exact) mass is 413 g/mol. The molecule has 2 aromatic carbocycles. The van der Waals surface area contributed by atoms with Gasteiger partial charge in [0.25, 0.3) is 11.6 Å². The van der Waals surface area contributed by atoms with Gasteiger partial charge in [-0.05, 0) is 30.3 Å². The Bertz CT molecular complexity index is 899. The maximum absolute atomic E-state index is 12.3. The molecule has 0 radical (unpaired) electrons. The van der Waals surface area contributed by atoms with E-state index in [1.165, 1.54) is 12.1 Å². The summed E-state index contributed by atoms with van der Waals surface area (Å²) in [6.45, 7) is 0.518. The van der Waals surface area contributed by atoms with Crippen molar-refractivity contribution in [3.05, 3.63) is 100 Å². The molecule has 7 heteroatoms. The summed E-state index contributed by atoms with van der Waals surface area (Å²) in [5, 5.41) is 13.5. The fourth-order valence-electron chi connectivity index (χ4n) is 2.41. The lowest BCUT2D eigenvalue weighted by Gasteiger charge is -2.04. The Labute approximate surface area is 161 Å². The number of aromatic nitrogens is 1. The van der Waals surface area contributed by atoms with Crippen LogP contribution in [0.4, 0.5) is 11.4 Å². The van der Waals surface area contributed by atoms with E-state index in [0.717, 1.165) is 11.3 Å². The minimum absolute atomic E-state index is 0. The van der Waals surface area contributed by atoms with Gasteiger partial charge in [0, 0.05) is 29.4 Å². The summed E-state index contributed by atoms with van der Waals surface area (Å²) in [7, 11) is 0. The highest BCUT2D eigenvalue weighted by Gasteiger charge is 2.12. The Morgan fingerprint density at radius 1 is 1.00 bits per heavy atom. The van der Waals surface area contributed by atoms with Crippen molar-refractivity contribution >= 4 is 17.3 Å². The van der Waals surface area contributed by atoms with E-state index in [-0.39, 0.29) is 28.6 Å². The van der Waals surface area contributed by atoms with E-state index in [2.05, 4.69) is 5.32 Å². The first-order valence-corrected chi connectivity index (χ1v) is 7.71. The zero-order valence-electron chi connectivity index (χ0n) is 13.7. The summed E-state index contributed by atoms with van der Waals surface area (Å²) in [5.41, 5.74) is 2.24. The number of amides is 1. The molecular weight excluding hydrogens is 398 g/mol. The number of halogens is 1. The van der Waals surface area contributed by atoms with Crippen molar-refractivity contribution in [2.75, 3.05) is 5.32 Å². The van der Waals surface area contributed by atoms with Crippen LogP contribution in [0.3, 0.4) is 0 Å². The summed E-state index contributed by atoms with van der Waals surface area (Å²) in [4.78, 5) is 22.6. The molecule has 1 amide bonds. The molecule has 6 nitrogen and oxygen atoms in total. The molecule has 0 saturated heterocycles. The first-order valence-electron chi connectivity index (χ1n) is 7.71. The lowest BCUT2D eigenvalue weighted by Crippen LogP contribution is -3.00. The van der Waals surface area contributed by atoms with Crippen molar-refractivity contribution in [1.82, 2.24) is 0 Å². The summed E-state index contributed by atoms with van der Waals surface area (Å²) < 4.78 is 1.86. The average Bonchev–Trinajstić information content (AvgIpc) is 2.63. The molecule has 0 unspecified atom stereocenters. The van der Waals surface area contributed by atoms with E-state index in [1.54, 1.807) is 30.5 Å². The second kappa shape index (κ2) is 8.87. The van der Waals surface area contributed by atoms with Crippen LogP contribution in [0.1, 0.15) is 15.9 Å². The average molecular weight is 414 g/mol. The SMILES string of the molecule is O=C(Nc1ccccc1)c1ccc[n+](Cc2ccc([N+](=O)[O-])cc2)c1.[Br-]. The van der Waals surface area contributed by atoms with Crippen LogP contribution in [0.15, 0.2) is 79.1 Å². The number of nitro groups is 1. The number of hydrogen-bond acceptors (Lipinski definition) is 3. The van der Waals surface area contributed by atoms with Crippen molar-refractivity contribution in [2.24, 2.45) is 0 Å². The predicted octanol–water partition coefficient (Wildman–Crippen LogP) is 0.187. The molecule has 0 bridgehead atoms. The number of carbonyl (C=O) groups is 1. The van der Waals surface area contributed by atoms with Crippen LogP contribution in [0.5, 0.6) is 0 Å². The Balaban J connectivity index is 0.00000243. The molecule has 0 spiro atoms. The third-order valence-electron chi connectivity index (χ3n) is 3.66. The zero-order chi connectivity index (χ0) is 17.6. The van der Waals surface area contributed by atoms with Gasteiger partial charge in [0.15, 0.2) is 18.9 Å². The van der Waals surface area contributed by atoms with E-state index in [4.69, 9.17) is 0 Å². The van der Waals surface area contributed by atoms with Crippen LogP contribution in [-0.4, -0.2) is 10.8 Å². The highest BCUT2D eigenvalue weighted by molar-refractivity contribution is 6.03. The molecule has 1 N–H and O–H groups in total. The van der Waals surface area contributed by atoms with Gasteiger partial charge < -0.3 is 22.3 Å². The second-order valence-electron chi connectivity index (χ2n) is 5.51. The molecule has 0 aliphatic carbocycles. The van der Waals surface area contributed by atoms with Gasteiger partial charge in [-0.1, -0.05) is 18.2 Å². The van der Waals surface area contributed by atoms with Gasteiger partial charge in [-0.2, -0.15) is 4.57 Å². The number of nitrogens with zero attached hydrogens (tertiary/aromatic N) is 2. The van der Waals surface area contributed by atoms with E-state index < -0.39 is 4.92 Å². The highest BCUT2D eigenvalue weighted by atomic mass is 79.9. The molecule has 0 atom stereocenters. The molecule has 26 heavy (non-hydrogen) atoms. The van der Waals surface area contributed by atoms with Crippen LogP contribution in [-0.2, 0) is 6.54 Å². The molecule has 1 aromatic heterocycles. The molecule has 3 aromatic rings. The highest BCUT2D eigenvalue weighted by Crippen LogP contribution is 2.12. The van der Waals surface area contributed by atoms with E-state index >= 15 is 0 Å². The Morgan fingerprint density at radius 2 is 1.69 bits per heavy atom. The second-order valence-corrected chi connectivity index (χ2v) is 5.51. The minimum Gasteiger partial charge on any atom is -1.00 e. The third kappa shape index (κ3) is 4.97. The fourth-order valence-corrected chi connectivity index (χ4v) is 2.41. The molecule has 0 fully saturated rings. The third-order valence-corrected chi connectivity index (χ3v) is 3.66. The van der Waals surface area contributed by atoms with Crippen molar-refractivity contribution in [2.45, 2.75) is 6.54 Å². The summed E-state index contributed by atoms with van der Waals surface area (Å²) in [5.74, 6) is -0.191. The Kier molecular flexibility index (Phi) is 6.57. The lowest BCUT2D eigenvalue weighted by atomic mass is 10.2. The number of nitro benzene ring substituents is 1. The number of benzene rings is 2. The van der Waals surface area contributed by atoms with Gasteiger partial charge in [0.2, 0.25) is 0 Å². The topological polar surface area (TPSA) is 76.1 Å². The maximum Gasteiger partial charge on any atom is 0.269 e. The number of rotatable bonds is 5. The number of hydrogen-bond donors (Lipinski definition) is 1. The number of nitrogens with one attached hydrogen (secondary N) is 1. The molecule has 0 aliphatic heterocycles. The number of non-ortho nitro benzene ring substituents is 1. The van der Waals surface area contributed by atoms with Crippen molar-refractivity contribution in [3.8, 4) is 0 Å². The van der Waals surface area contributed by atoms with Gasteiger partial charge in [-0.15, -0.1) is 0 Å². The van der Waals surface area contributed by atoms with Crippen LogP contribution < -0.4 is 26.9 Å². The van der Waals surface area contributed by atoms with Crippen LogP contribution in [0.2, 0.25) is 0 Å². The Morgan fingerprint density at radius 3 is 2.35 bits per heavy atom. The van der Waals surface area contributed by atoms with Crippen LogP contribution in [0, 0.1) is 10.1 Å². The van der Waals surface area contributed by atoms with E-state index in [0.29, 0.717) is 12.1 Å². The first kappa shape index (κ1) is 19.3. The van der Waals surface area contributed by atoms with Crippen LogP contribution >= 0.6 is 0 Å². The normalized spacial score (nSPS) is 9.85. The van der Waals surface area contributed by atoms with Gasteiger partial charge >= 0.3 is 0 Å². The molecular formula is C19H16BrN3O3. The number of carbonyl (C=O) groups excluding carboxylic acids is 1. The number of anilines is 1. The minimum atomic E-state index is -0.425. The van der Waals surface area contributed by atoms with E-state index in [9.17, 15) is 14.9 Å². The molecule has 3 rings (SSSR count). The van der Waals surface area contributed by atoms with Crippen LogP contribution in [0.25, 0.3) is 0 Å². The van der Waals surface area contributed by atoms with Crippen molar-refractivity contribution < 1.29 is 31.3 Å². The molecule has 1 heterocycles. The molecule has 132 valence electrons. The summed E-state index contributed by atoms with van der Waals surface area (Å²) in [6, 6.07) is 19.2. The standard InChI is InChI=1S/C19H15N3O3.BrH/c23-19(20-17-6-2-1-3-7-17)16-5-4-12-21(14-16)13-15-8-10-18(11-9-15)22(24)25;/h1-12,14H,13H2;1H. The maximum atomic E-state index is 12.3. The first-order chi connectivity index (χ1) is 12.1. The number of pyridine rings is 1. The van der Waals surface area contributed by atoms with Gasteiger partial charge in [-0.3, -0.25) is 14.9 Å². The van der Waals surface area contributed by atoms with Crippen molar-refractivity contribution in [3.63, 3.8) is 0 Å². The van der Waals surface area contributed by atoms with Gasteiger partial charge in [0.05, 0.1) is 4.92 Å². The smallest absolute Gasteiger partial charge is 0.269 e. The van der Waals surface area contributed by atoms with Gasteiger partial charge in [0.1, 0.15) is 5.56 Å². The predicted molar refractivity (Wildman–Crippen MR) is 93.2 cm³/mol. The fraction of sp³-hybridized carbons (Fsp3) is 0.0526. The van der Waals surface area contributed by atoms with E-state index in [1.807, 2.05) is 41.1 Å². The lowest BCUT2D eigenvalue weighted by molar-refractivity contribution is -0.688. The van der Waals surface area contributed by atoms with Gasteiger partial charge in [-0.25, -0.2) is 0 Å². The van der Waals surface area contributed by atoms with Crippen molar-refractivity contribution in [1.29, 1.82) is 0 Å². The largest absolute Gasteiger partial charge is 1.00 e. The number of para-hydroxylation sites is 1. The Hall–Kier alpha value is -3.06. The zero-order valence-corrected chi connectivity index (χ0v) is 15.3. The molecule has 0 saturated carbocycles. The molecule has 0 aliphatic rings.